The molecule has 3 atom stereocenters. The molecule has 2 aromatic rings. The number of H-pyrrole nitrogens is 1. The fraction of sp³-hybridized carbons (Fsp3) is 0.438. The molecule has 1 aliphatic heterocycles. The number of carboxylic acid groups (broad SMARTS) is 1. The Morgan fingerprint density at radius 3 is 2.96 bits per heavy atom. The molecule has 2 fully saturated rings. The number of fused-ring (bicyclic) bond motifs is 2. The van der Waals surface area contributed by atoms with Crippen LogP contribution in [0.2, 0.25) is 0 Å². The number of carbonyl (C=O) groups is 1. The molecule has 2 aliphatic rings. The first kappa shape index (κ1) is 14.2. The van der Waals surface area contributed by atoms with Crippen molar-refractivity contribution < 1.29 is 9.90 Å². The van der Waals surface area contributed by atoms with Crippen molar-refractivity contribution in [2.24, 2.45) is 17.1 Å². The van der Waals surface area contributed by atoms with Crippen molar-refractivity contribution in [3.8, 4) is 0 Å². The highest BCUT2D eigenvalue weighted by Crippen LogP contribution is 2.51. The molecule has 120 valence electrons. The highest BCUT2D eigenvalue weighted by atomic mass is 16.4. The SMILES string of the molecule is C[C@]12C[C@@H](N)[C@H]1CN(c1ccc3c(=O)c(C(=O)O)c[nH]c3n1)C2. The van der Waals surface area contributed by atoms with Crippen LogP contribution in [0.5, 0.6) is 0 Å². The molecule has 0 spiro atoms. The Bertz CT molecular complexity index is 877. The lowest BCUT2D eigenvalue weighted by molar-refractivity contribution is 0.0695. The van der Waals surface area contributed by atoms with Crippen molar-refractivity contribution in [3.05, 3.63) is 34.1 Å². The van der Waals surface area contributed by atoms with E-state index in [1.165, 1.54) is 6.20 Å². The number of carboxylic acids is 1. The summed E-state index contributed by atoms with van der Waals surface area (Å²) in [6, 6.07) is 3.68. The highest BCUT2D eigenvalue weighted by Gasteiger charge is 2.54. The van der Waals surface area contributed by atoms with Crippen molar-refractivity contribution >= 4 is 22.8 Å². The summed E-state index contributed by atoms with van der Waals surface area (Å²) in [6.07, 6.45) is 2.23. The molecule has 3 heterocycles. The zero-order valence-corrected chi connectivity index (χ0v) is 12.7. The topological polar surface area (TPSA) is 112 Å². The van der Waals surface area contributed by atoms with Gasteiger partial charge in [0.2, 0.25) is 5.43 Å². The Morgan fingerprint density at radius 2 is 2.30 bits per heavy atom. The average Bonchev–Trinajstić information content (AvgIpc) is 2.78. The van der Waals surface area contributed by atoms with Gasteiger partial charge in [-0.2, -0.15) is 0 Å². The largest absolute Gasteiger partial charge is 0.477 e. The van der Waals surface area contributed by atoms with Gasteiger partial charge in [0.05, 0.1) is 5.39 Å². The van der Waals surface area contributed by atoms with Crippen LogP contribution < -0.4 is 16.1 Å². The first-order chi connectivity index (χ1) is 10.9. The molecule has 1 aliphatic carbocycles. The Morgan fingerprint density at radius 1 is 1.52 bits per heavy atom. The van der Waals surface area contributed by atoms with Gasteiger partial charge in [-0.25, -0.2) is 9.78 Å². The lowest BCUT2D eigenvalue weighted by Gasteiger charge is -2.46. The van der Waals surface area contributed by atoms with Crippen molar-refractivity contribution in [2.75, 3.05) is 18.0 Å². The minimum atomic E-state index is -1.24. The number of anilines is 1. The Kier molecular flexibility index (Phi) is 2.81. The van der Waals surface area contributed by atoms with Crippen LogP contribution in [0.25, 0.3) is 11.0 Å². The zero-order valence-electron chi connectivity index (χ0n) is 12.7. The van der Waals surface area contributed by atoms with Gasteiger partial charge in [0.25, 0.3) is 0 Å². The molecule has 1 saturated heterocycles. The molecule has 4 rings (SSSR count). The molecule has 4 N–H and O–H groups in total. The van der Waals surface area contributed by atoms with Gasteiger partial charge in [-0.1, -0.05) is 6.92 Å². The summed E-state index contributed by atoms with van der Waals surface area (Å²) in [5.41, 5.74) is 5.96. The van der Waals surface area contributed by atoms with Crippen molar-refractivity contribution in [1.82, 2.24) is 9.97 Å². The van der Waals surface area contributed by atoms with E-state index in [1.807, 2.05) is 0 Å². The molecular weight excluding hydrogens is 296 g/mol. The van der Waals surface area contributed by atoms with Crippen LogP contribution >= 0.6 is 0 Å². The summed E-state index contributed by atoms with van der Waals surface area (Å²) >= 11 is 0. The molecular formula is C16H18N4O3. The Hall–Kier alpha value is -2.41. The van der Waals surface area contributed by atoms with Crippen molar-refractivity contribution in [2.45, 2.75) is 19.4 Å². The fourth-order valence-electron chi connectivity index (χ4n) is 4.07. The molecule has 0 bridgehead atoms. The van der Waals surface area contributed by atoms with Crippen LogP contribution in [0, 0.1) is 11.3 Å². The third-order valence-electron chi connectivity index (χ3n) is 5.36. The van der Waals surface area contributed by atoms with E-state index in [0.29, 0.717) is 17.0 Å². The molecule has 2 aromatic heterocycles. The monoisotopic (exact) mass is 314 g/mol. The standard InChI is InChI=1S/C16H18N4O3/c1-16-4-11(17)10(16)6-20(7-16)12-3-2-8-13(21)9(15(22)23)5-18-14(8)19-12/h2-3,5,10-11H,4,6-7,17H2,1H3,(H,22,23)(H,18,19,21)/t10-,11-,16-/m1/s1. The van der Waals surface area contributed by atoms with E-state index >= 15 is 0 Å². The normalized spacial score (nSPS) is 29.4. The maximum absolute atomic E-state index is 12.1. The van der Waals surface area contributed by atoms with E-state index in [-0.39, 0.29) is 17.0 Å². The number of pyridine rings is 2. The molecule has 0 unspecified atom stereocenters. The average molecular weight is 314 g/mol. The second kappa shape index (κ2) is 4.55. The Balaban J connectivity index is 1.72. The lowest BCUT2D eigenvalue weighted by atomic mass is 9.60. The van der Waals surface area contributed by atoms with Gasteiger partial charge in [-0.05, 0) is 29.9 Å². The number of nitrogens with one attached hydrogen (secondary N) is 1. The lowest BCUT2D eigenvalue weighted by Crippen LogP contribution is -2.53. The predicted molar refractivity (Wildman–Crippen MR) is 85.7 cm³/mol. The second-order valence-electron chi connectivity index (χ2n) is 6.91. The summed E-state index contributed by atoms with van der Waals surface area (Å²) in [4.78, 5) is 32.7. The summed E-state index contributed by atoms with van der Waals surface area (Å²) in [5.74, 6) is 0.0303. The van der Waals surface area contributed by atoms with E-state index in [4.69, 9.17) is 10.8 Å². The summed E-state index contributed by atoms with van der Waals surface area (Å²) in [5, 5.41) is 9.30. The molecule has 7 nitrogen and oxygen atoms in total. The maximum Gasteiger partial charge on any atom is 0.341 e. The van der Waals surface area contributed by atoms with E-state index < -0.39 is 11.4 Å². The number of rotatable bonds is 2. The summed E-state index contributed by atoms with van der Waals surface area (Å²) < 4.78 is 0. The van der Waals surface area contributed by atoms with E-state index in [2.05, 4.69) is 21.8 Å². The first-order valence-electron chi connectivity index (χ1n) is 7.65. The molecule has 0 radical (unpaired) electrons. The first-order valence-corrected chi connectivity index (χ1v) is 7.65. The Labute approximate surface area is 132 Å². The van der Waals surface area contributed by atoms with Crippen LogP contribution in [0.15, 0.2) is 23.1 Å². The summed E-state index contributed by atoms with van der Waals surface area (Å²) in [6.45, 7) is 4.03. The third-order valence-corrected chi connectivity index (χ3v) is 5.36. The molecule has 23 heavy (non-hydrogen) atoms. The fourth-order valence-corrected chi connectivity index (χ4v) is 4.07. The van der Waals surface area contributed by atoms with Crippen LogP contribution in [0.3, 0.4) is 0 Å². The predicted octanol–water partition coefficient (Wildman–Crippen LogP) is 0.795. The van der Waals surface area contributed by atoms with Gasteiger partial charge in [-0.3, -0.25) is 4.79 Å². The number of aromatic carboxylic acids is 1. The zero-order chi connectivity index (χ0) is 16.4. The van der Waals surface area contributed by atoms with Crippen LogP contribution in [0.1, 0.15) is 23.7 Å². The minimum Gasteiger partial charge on any atom is -0.477 e. The quantitative estimate of drug-likeness (QED) is 0.755. The van der Waals surface area contributed by atoms with Crippen LogP contribution in [-0.4, -0.2) is 40.2 Å². The van der Waals surface area contributed by atoms with Crippen LogP contribution in [0.4, 0.5) is 5.82 Å². The maximum atomic E-state index is 12.1. The number of nitrogens with two attached hydrogens (primary N) is 1. The summed E-state index contributed by atoms with van der Waals surface area (Å²) in [7, 11) is 0. The van der Waals surface area contributed by atoms with Gasteiger partial charge in [-0.15, -0.1) is 0 Å². The molecule has 1 saturated carbocycles. The van der Waals surface area contributed by atoms with Gasteiger partial charge < -0.3 is 20.7 Å². The number of aromatic nitrogens is 2. The van der Waals surface area contributed by atoms with Crippen LogP contribution in [-0.2, 0) is 0 Å². The number of nitrogens with zero attached hydrogens (tertiary/aromatic N) is 2. The third kappa shape index (κ3) is 1.96. The second-order valence-corrected chi connectivity index (χ2v) is 6.91. The van der Waals surface area contributed by atoms with Gasteiger partial charge in [0.15, 0.2) is 0 Å². The van der Waals surface area contributed by atoms with Crippen molar-refractivity contribution in [3.63, 3.8) is 0 Å². The van der Waals surface area contributed by atoms with Crippen molar-refractivity contribution in [1.29, 1.82) is 0 Å². The highest BCUT2D eigenvalue weighted by molar-refractivity contribution is 5.91. The van der Waals surface area contributed by atoms with Gasteiger partial charge >= 0.3 is 5.97 Å². The molecule has 0 aromatic carbocycles. The smallest absolute Gasteiger partial charge is 0.341 e. The molecule has 0 amide bonds. The molecule has 7 heteroatoms. The van der Waals surface area contributed by atoms with E-state index in [9.17, 15) is 9.59 Å². The van der Waals surface area contributed by atoms with Gasteiger partial charge in [0.1, 0.15) is 17.0 Å². The van der Waals surface area contributed by atoms with E-state index in [1.54, 1.807) is 12.1 Å². The number of hydrogen-bond donors (Lipinski definition) is 3. The number of hydrogen-bond acceptors (Lipinski definition) is 5. The van der Waals surface area contributed by atoms with Gasteiger partial charge in [0, 0.05) is 25.3 Å². The van der Waals surface area contributed by atoms with E-state index in [0.717, 1.165) is 25.3 Å². The minimum absolute atomic E-state index is 0.247. The number of aromatic amines is 1.